The summed E-state index contributed by atoms with van der Waals surface area (Å²) in [5.74, 6) is 0.246. The molecule has 3 aromatic carbocycles. The highest BCUT2D eigenvalue weighted by Crippen LogP contribution is 2.40. The average Bonchev–Trinajstić information content (AvgIpc) is 3.26. The molecule has 33 heavy (non-hydrogen) atoms. The van der Waals surface area contributed by atoms with Crippen LogP contribution in [0.5, 0.6) is 5.75 Å². The molecule has 172 valence electrons. The number of aromatic nitrogens is 3. The molecule has 0 amide bonds. The van der Waals surface area contributed by atoms with Gasteiger partial charge < -0.3 is 5.11 Å². The summed E-state index contributed by atoms with van der Waals surface area (Å²) in [6.07, 6.45) is 8.55. The molecule has 1 aromatic heterocycles. The fraction of sp³-hybridized carbons (Fsp3) is 0.379. The monoisotopic (exact) mass is 441 g/mol. The van der Waals surface area contributed by atoms with Crippen molar-refractivity contribution < 1.29 is 5.11 Å². The zero-order chi connectivity index (χ0) is 23.3. The number of phenolic OH excluding ortho intramolecular Hbond substituents is 1. The van der Waals surface area contributed by atoms with Gasteiger partial charge in [0.15, 0.2) is 0 Å². The van der Waals surface area contributed by atoms with Gasteiger partial charge in [0, 0.05) is 11.0 Å². The van der Waals surface area contributed by atoms with Gasteiger partial charge in [-0.05, 0) is 42.2 Å². The Labute approximate surface area is 197 Å². The molecule has 0 fully saturated rings. The number of aryl methyl sites for hydroxylation is 1. The number of unbranched alkanes of at least 4 members (excludes halogenated alkanes) is 5. The second kappa shape index (κ2) is 10.2. The summed E-state index contributed by atoms with van der Waals surface area (Å²) in [7, 11) is 0. The lowest BCUT2D eigenvalue weighted by molar-refractivity contribution is 0.446. The molecule has 0 atom stereocenters. The second-order valence-corrected chi connectivity index (χ2v) is 9.50. The molecule has 0 spiro atoms. The van der Waals surface area contributed by atoms with Crippen LogP contribution in [0.25, 0.3) is 16.7 Å². The van der Waals surface area contributed by atoms with Gasteiger partial charge in [0.2, 0.25) is 0 Å². The summed E-state index contributed by atoms with van der Waals surface area (Å²) >= 11 is 0. The van der Waals surface area contributed by atoms with Gasteiger partial charge in [0.1, 0.15) is 22.5 Å². The summed E-state index contributed by atoms with van der Waals surface area (Å²) in [5, 5.41) is 20.8. The molecule has 4 heteroatoms. The summed E-state index contributed by atoms with van der Waals surface area (Å²) in [5.41, 5.74) is 5.23. The number of hydrogen-bond acceptors (Lipinski definition) is 3. The van der Waals surface area contributed by atoms with Crippen LogP contribution in [-0.4, -0.2) is 20.1 Å². The third kappa shape index (κ3) is 5.11. The second-order valence-electron chi connectivity index (χ2n) is 9.50. The number of phenols is 1. The quantitative estimate of drug-likeness (QED) is 0.262. The number of nitrogens with zero attached hydrogens (tertiary/aromatic N) is 3. The predicted molar refractivity (Wildman–Crippen MR) is 136 cm³/mol. The first kappa shape index (κ1) is 23.0. The summed E-state index contributed by atoms with van der Waals surface area (Å²) in [6.45, 7) is 6.59. The Hall–Kier alpha value is -3.14. The lowest BCUT2D eigenvalue weighted by Gasteiger charge is -2.28. The van der Waals surface area contributed by atoms with Gasteiger partial charge in [0.25, 0.3) is 0 Å². The molecule has 0 aliphatic rings. The zero-order valence-electron chi connectivity index (χ0n) is 20.1. The number of rotatable bonds is 10. The van der Waals surface area contributed by atoms with Gasteiger partial charge in [0.05, 0.1) is 0 Å². The Balaban J connectivity index is 1.72. The average molecular weight is 442 g/mol. The third-order valence-electron chi connectivity index (χ3n) is 6.64. The number of aromatic hydroxyl groups is 1. The van der Waals surface area contributed by atoms with Crippen LogP contribution in [0.15, 0.2) is 66.7 Å². The Bertz CT molecular complexity index is 1160. The zero-order valence-corrected chi connectivity index (χ0v) is 20.1. The molecule has 0 aliphatic carbocycles. The molecular formula is C29H35N3O. The van der Waals surface area contributed by atoms with Crippen molar-refractivity contribution in [2.24, 2.45) is 0 Å². The Kier molecular flexibility index (Phi) is 7.12. The molecule has 0 radical (unpaired) electrons. The molecule has 0 unspecified atom stereocenters. The molecular weight excluding hydrogens is 406 g/mol. The van der Waals surface area contributed by atoms with Gasteiger partial charge in [-0.3, -0.25) is 0 Å². The van der Waals surface area contributed by atoms with Crippen LogP contribution in [0, 0.1) is 0 Å². The minimum absolute atomic E-state index is 0.246. The molecule has 0 saturated carbocycles. The van der Waals surface area contributed by atoms with Crippen molar-refractivity contribution in [2.75, 3.05) is 0 Å². The van der Waals surface area contributed by atoms with Crippen molar-refractivity contribution in [1.82, 2.24) is 15.0 Å². The van der Waals surface area contributed by atoms with Crippen LogP contribution in [0.1, 0.15) is 76.0 Å². The Morgan fingerprint density at radius 2 is 1.39 bits per heavy atom. The molecule has 4 rings (SSSR count). The van der Waals surface area contributed by atoms with E-state index in [2.05, 4.69) is 67.4 Å². The van der Waals surface area contributed by atoms with Gasteiger partial charge in [-0.25, -0.2) is 0 Å². The van der Waals surface area contributed by atoms with E-state index in [-0.39, 0.29) is 11.2 Å². The van der Waals surface area contributed by atoms with E-state index in [1.54, 1.807) is 4.80 Å². The Morgan fingerprint density at radius 3 is 2.06 bits per heavy atom. The molecule has 0 aliphatic heterocycles. The van der Waals surface area contributed by atoms with Crippen molar-refractivity contribution in [3.8, 4) is 11.4 Å². The lowest BCUT2D eigenvalue weighted by Crippen LogP contribution is -2.20. The van der Waals surface area contributed by atoms with E-state index < -0.39 is 0 Å². The Morgan fingerprint density at radius 1 is 0.788 bits per heavy atom. The molecule has 4 aromatic rings. The maximum Gasteiger partial charge on any atom is 0.147 e. The van der Waals surface area contributed by atoms with Crippen molar-refractivity contribution in [3.05, 3.63) is 83.4 Å². The first-order valence-corrected chi connectivity index (χ1v) is 12.2. The van der Waals surface area contributed by atoms with Crippen LogP contribution >= 0.6 is 0 Å². The first-order chi connectivity index (χ1) is 16.0. The van der Waals surface area contributed by atoms with Crippen LogP contribution in [0.3, 0.4) is 0 Å². The number of hydrogen-bond donors (Lipinski definition) is 1. The SMILES string of the molecule is CCCCCCCCc1cc(-n2nc3ccccc3n2)c(O)c(C(C)(C)c2ccccc2)c1. The van der Waals surface area contributed by atoms with E-state index in [1.165, 1.54) is 43.2 Å². The minimum atomic E-state index is -0.357. The van der Waals surface area contributed by atoms with Crippen LogP contribution in [0.4, 0.5) is 0 Å². The minimum Gasteiger partial charge on any atom is -0.505 e. The van der Waals surface area contributed by atoms with Crippen molar-refractivity contribution in [3.63, 3.8) is 0 Å². The smallest absolute Gasteiger partial charge is 0.147 e. The van der Waals surface area contributed by atoms with E-state index in [1.807, 2.05) is 30.3 Å². The fourth-order valence-corrected chi connectivity index (χ4v) is 4.54. The summed E-state index contributed by atoms with van der Waals surface area (Å²) in [6, 6.07) is 22.4. The molecule has 4 nitrogen and oxygen atoms in total. The topological polar surface area (TPSA) is 50.9 Å². The van der Waals surface area contributed by atoms with Crippen LogP contribution < -0.4 is 0 Å². The summed E-state index contributed by atoms with van der Waals surface area (Å²) in [4.78, 5) is 1.59. The van der Waals surface area contributed by atoms with E-state index in [9.17, 15) is 5.11 Å². The predicted octanol–water partition coefficient (Wildman–Crippen LogP) is 7.36. The van der Waals surface area contributed by atoms with Crippen LogP contribution in [-0.2, 0) is 11.8 Å². The first-order valence-electron chi connectivity index (χ1n) is 12.2. The largest absolute Gasteiger partial charge is 0.505 e. The van der Waals surface area contributed by atoms with Crippen LogP contribution in [0.2, 0.25) is 0 Å². The lowest BCUT2D eigenvalue weighted by atomic mass is 9.76. The fourth-order valence-electron chi connectivity index (χ4n) is 4.54. The highest BCUT2D eigenvalue weighted by Gasteiger charge is 2.29. The van der Waals surface area contributed by atoms with E-state index in [0.29, 0.717) is 5.69 Å². The molecule has 0 bridgehead atoms. The maximum absolute atomic E-state index is 11.5. The number of benzene rings is 3. The normalized spacial score (nSPS) is 11.8. The standard InChI is InChI=1S/C29H35N3O/c1-4-5-6-7-8-10-15-22-20-24(29(2,3)23-16-11-9-12-17-23)28(33)27(21-22)32-30-25-18-13-14-19-26(25)31-32/h9,11-14,16-21,33H,4-8,10,15H2,1-3H3. The highest BCUT2D eigenvalue weighted by atomic mass is 16.3. The highest BCUT2D eigenvalue weighted by molar-refractivity contribution is 5.74. The van der Waals surface area contributed by atoms with Crippen molar-refractivity contribution in [1.29, 1.82) is 0 Å². The van der Waals surface area contributed by atoms with Gasteiger partial charge >= 0.3 is 0 Å². The number of fused-ring (bicyclic) bond motifs is 1. The van der Waals surface area contributed by atoms with Crippen molar-refractivity contribution in [2.45, 2.75) is 71.1 Å². The molecule has 1 heterocycles. The van der Waals surface area contributed by atoms with E-state index in [4.69, 9.17) is 0 Å². The molecule has 1 N–H and O–H groups in total. The van der Waals surface area contributed by atoms with Gasteiger partial charge in [-0.1, -0.05) is 101 Å². The van der Waals surface area contributed by atoms with E-state index in [0.717, 1.165) is 29.4 Å². The molecule has 0 saturated heterocycles. The van der Waals surface area contributed by atoms with Gasteiger partial charge in [-0.15, -0.1) is 15.0 Å². The summed E-state index contributed by atoms with van der Waals surface area (Å²) < 4.78 is 0. The van der Waals surface area contributed by atoms with Gasteiger partial charge in [-0.2, -0.15) is 0 Å². The third-order valence-corrected chi connectivity index (χ3v) is 6.64. The van der Waals surface area contributed by atoms with E-state index >= 15 is 0 Å². The van der Waals surface area contributed by atoms with Crippen molar-refractivity contribution >= 4 is 11.0 Å². The maximum atomic E-state index is 11.5.